The Balaban J connectivity index is 1.93. The molecule has 0 bridgehead atoms. The predicted octanol–water partition coefficient (Wildman–Crippen LogP) is 7.36. The lowest BCUT2D eigenvalue weighted by atomic mass is 9.98. The molecule has 0 amide bonds. The van der Waals surface area contributed by atoms with Crippen molar-refractivity contribution in [1.82, 2.24) is 15.0 Å². The molecule has 0 fully saturated rings. The van der Waals surface area contributed by atoms with Gasteiger partial charge in [0.25, 0.3) is 0 Å². The van der Waals surface area contributed by atoms with Gasteiger partial charge in [0, 0.05) is 16.2 Å². The molecule has 0 aliphatic rings. The minimum atomic E-state index is -1.84. The van der Waals surface area contributed by atoms with Gasteiger partial charge >= 0.3 is 0 Å². The van der Waals surface area contributed by atoms with E-state index in [1.807, 2.05) is 41.2 Å². The standard InChI is InChI=1S/C27H26ClN3Si/c1-20-10-12-22(13-11-20)25(21-8-6-5-7-9-21)18-27(32(2,3)4)31-19-26(29-30-31)23-14-16-24(28)17-15-23/h5-17,19H,1-4H3. The van der Waals surface area contributed by atoms with E-state index >= 15 is 0 Å². The van der Waals surface area contributed by atoms with E-state index in [1.54, 1.807) is 0 Å². The number of rotatable bonds is 5. The predicted molar refractivity (Wildman–Crippen MR) is 137 cm³/mol. The Kier molecular flexibility index (Phi) is 6.29. The smallest absolute Gasteiger partial charge is 0.113 e. The Morgan fingerprint density at radius 1 is 0.844 bits per heavy atom. The van der Waals surface area contributed by atoms with Gasteiger partial charge in [-0.3, -0.25) is 0 Å². The van der Waals surface area contributed by atoms with Crippen LogP contribution in [0.3, 0.4) is 0 Å². The summed E-state index contributed by atoms with van der Waals surface area (Å²) in [6, 6.07) is 26.7. The van der Waals surface area contributed by atoms with E-state index in [9.17, 15) is 0 Å². The van der Waals surface area contributed by atoms with Gasteiger partial charge in [-0.2, -0.15) is 0 Å². The van der Waals surface area contributed by atoms with Crippen molar-refractivity contribution in [3.8, 4) is 11.3 Å². The first kappa shape index (κ1) is 22.0. The van der Waals surface area contributed by atoms with Crippen LogP contribution in [-0.2, 0) is 0 Å². The highest BCUT2D eigenvalue weighted by atomic mass is 35.5. The quantitative estimate of drug-likeness (QED) is 0.232. The summed E-state index contributed by atoms with van der Waals surface area (Å²) in [6.07, 6.45) is 1.99. The van der Waals surface area contributed by atoms with Gasteiger partial charge in [0.1, 0.15) is 13.8 Å². The lowest BCUT2D eigenvalue weighted by Gasteiger charge is -2.19. The maximum atomic E-state index is 6.05. The largest absolute Gasteiger partial charge is 0.221 e. The third-order valence-corrected chi connectivity index (χ3v) is 7.25. The zero-order valence-electron chi connectivity index (χ0n) is 18.8. The number of aryl methyl sites for hydroxylation is 1. The second kappa shape index (κ2) is 9.13. The molecular formula is C27H26ClN3Si. The minimum Gasteiger partial charge on any atom is -0.221 e. The summed E-state index contributed by atoms with van der Waals surface area (Å²) in [5, 5.41) is 10.7. The van der Waals surface area contributed by atoms with E-state index in [2.05, 4.69) is 91.1 Å². The fourth-order valence-corrected chi connectivity index (χ4v) is 4.89. The van der Waals surface area contributed by atoms with Gasteiger partial charge in [-0.15, -0.1) is 5.10 Å². The zero-order valence-corrected chi connectivity index (χ0v) is 20.6. The summed E-state index contributed by atoms with van der Waals surface area (Å²) in [6.45, 7) is 9.01. The molecular weight excluding hydrogens is 430 g/mol. The molecule has 160 valence electrons. The Labute approximate surface area is 195 Å². The normalized spacial score (nSPS) is 11.2. The monoisotopic (exact) mass is 455 g/mol. The molecule has 0 atom stereocenters. The number of aromatic nitrogens is 3. The summed E-state index contributed by atoms with van der Waals surface area (Å²) in [4.78, 5) is 0. The Bertz CT molecular complexity index is 1280. The Hall–Kier alpha value is -3.17. The maximum Gasteiger partial charge on any atom is 0.113 e. The van der Waals surface area contributed by atoms with E-state index in [1.165, 1.54) is 5.56 Å². The third-order valence-electron chi connectivity index (χ3n) is 5.22. The average molecular weight is 456 g/mol. The van der Waals surface area contributed by atoms with Crippen LogP contribution < -0.4 is 0 Å². The van der Waals surface area contributed by atoms with Crippen LogP contribution in [0.2, 0.25) is 24.7 Å². The van der Waals surface area contributed by atoms with Crippen molar-refractivity contribution in [3.63, 3.8) is 0 Å². The molecule has 4 rings (SSSR count). The molecule has 0 N–H and O–H groups in total. The SMILES string of the molecule is Cc1ccc(C(=C=C(n2cc(-c3ccc(Cl)cc3)nn2)[Si](C)(C)C)c2ccccc2)cc1. The molecule has 5 heteroatoms. The van der Waals surface area contributed by atoms with Crippen molar-refractivity contribution in [2.24, 2.45) is 0 Å². The van der Waals surface area contributed by atoms with Crippen LogP contribution in [0, 0.1) is 6.92 Å². The number of hydrogen-bond acceptors (Lipinski definition) is 2. The molecule has 32 heavy (non-hydrogen) atoms. The van der Waals surface area contributed by atoms with Crippen molar-refractivity contribution in [2.75, 3.05) is 0 Å². The van der Waals surface area contributed by atoms with E-state index in [-0.39, 0.29) is 0 Å². The molecule has 0 saturated carbocycles. The third kappa shape index (κ3) is 5.00. The first-order valence-corrected chi connectivity index (χ1v) is 14.5. The summed E-state index contributed by atoms with van der Waals surface area (Å²) in [5.41, 5.74) is 10.1. The highest BCUT2D eigenvalue weighted by Crippen LogP contribution is 2.28. The van der Waals surface area contributed by atoms with Gasteiger partial charge in [0.15, 0.2) is 0 Å². The molecule has 1 heterocycles. The van der Waals surface area contributed by atoms with E-state index in [0.29, 0.717) is 5.02 Å². The fourth-order valence-electron chi connectivity index (χ4n) is 3.47. The molecule has 0 spiro atoms. The lowest BCUT2D eigenvalue weighted by Crippen LogP contribution is -2.26. The average Bonchev–Trinajstić information content (AvgIpc) is 3.25. The first-order valence-electron chi connectivity index (χ1n) is 10.6. The Morgan fingerprint density at radius 2 is 1.47 bits per heavy atom. The highest BCUT2D eigenvalue weighted by Gasteiger charge is 2.24. The molecule has 1 aromatic heterocycles. The van der Waals surface area contributed by atoms with Crippen molar-refractivity contribution < 1.29 is 0 Å². The van der Waals surface area contributed by atoms with Crippen molar-refractivity contribution in [3.05, 3.63) is 113 Å². The van der Waals surface area contributed by atoms with Gasteiger partial charge in [-0.05, 0) is 30.2 Å². The van der Waals surface area contributed by atoms with Crippen LogP contribution in [0.4, 0.5) is 0 Å². The molecule has 3 aromatic carbocycles. The second-order valence-electron chi connectivity index (χ2n) is 8.89. The van der Waals surface area contributed by atoms with E-state index < -0.39 is 8.07 Å². The summed E-state index contributed by atoms with van der Waals surface area (Å²) >= 11 is 6.05. The number of benzene rings is 3. The second-order valence-corrected chi connectivity index (χ2v) is 14.3. The van der Waals surface area contributed by atoms with Crippen molar-refractivity contribution in [2.45, 2.75) is 26.6 Å². The first-order chi connectivity index (χ1) is 15.3. The summed E-state index contributed by atoms with van der Waals surface area (Å²) < 4.78 is 1.90. The molecule has 0 aliphatic carbocycles. The fraction of sp³-hybridized carbons (Fsp3) is 0.148. The lowest BCUT2D eigenvalue weighted by molar-refractivity contribution is 0.830. The molecule has 0 radical (unpaired) electrons. The van der Waals surface area contributed by atoms with E-state index in [0.717, 1.165) is 33.3 Å². The van der Waals surface area contributed by atoms with Crippen molar-refractivity contribution in [1.29, 1.82) is 0 Å². The summed E-state index contributed by atoms with van der Waals surface area (Å²) in [7, 11) is -1.84. The van der Waals surface area contributed by atoms with Crippen LogP contribution in [0.25, 0.3) is 22.2 Å². The van der Waals surface area contributed by atoms with Gasteiger partial charge in [-0.25, -0.2) is 4.68 Å². The number of nitrogens with zero attached hydrogens (tertiary/aromatic N) is 3. The molecule has 0 saturated heterocycles. The molecule has 3 nitrogen and oxygen atoms in total. The van der Waals surface area contributed by atoms with Crippen LogP contribution in [0.5, 0.6) is 0 Å². The van der Waals surface area contributed by atoms with Gasteiger partial charge < -0.3 is 0 Å². The maximum absolute atomic E-state index is 6.05. The van der Waals surface area contributed by atoms with Gasteiger partial charge in [0.2, 0.25) is 0 Å². The zero-order chi connectivity index (χ0) is 22.7. The van der Waals surface area contributed by atoms with Crippen LogP contribution in [0.15, 0.2) is 90.8 Å². The molecule has 0 aliphatic heterocycles. The van der Waals surface area contributed by atoms with Crippen molar-refractivity contribution >= 4 is 30.6 Å². The van der Waals surface area contributed by atoms with Crippen LogP contribution in [0.1, 0.15) is 16.7 Å². The van der Waals surface area contributed by atoms with E-state index in [4.69, 9.17) is 11.6 Å². The number of hydrogen-bond donors (Lipinski definition) is 0. The van der Waals surface area contributed by atoms with Gasteiger partial charge in [-0.1, -0.05) is 114 Å². The van der Waals surface area contributed by atoms with Crippen LogP contribution in [-0.4, -0.2) is 23.1 Å². The van der Waals surface area contributed by atoms with Gasteiger partial charge in [0.05, 0.1) is 11.5 Å². The number of halogens is 1. The molecule has 0 unspecified atom stereocenters. The summed E-state index contributed by atoms with van der Waals surface area (Å²) in [5.74, 6) is 0. The Morgan fingerprint density at radius 3 is 2.09 bits per heavy atom. The minimum absolute atomic E-state index is 0.706. The molecule has 4 aromatic rings. The topological polar surface area (TPSA) is 30.7 Å². The highest BCUT2D eigenvalue weighted by molar-refractivity contribution is 6.92. The van der Waals surface area contributed by atoms with Crippen LogP contribution >= 0.6 is 11.6 Å².